The normalized spacial score (nSPS) is 17.2. The Balaban J connectivity index is 1.51. The number of halogens is 1. The van der Waals surface area contributed by atoms with Gasteiger partial charge >= 0.3 is 0 Å². The number of carbonyl (C=O) groups is 2. The first-order chi connectivity index (χ1) is 12.1. The van der Waals surface area contributed by atoms with Crippen LogP contribution in [0.15, 0.2) is 64.2 Å². The van der Waals surface area contributed by atoms with Crippen molar-refractivity contribution < 1.29 is 9.59 Å². The van der Waals surface area contributed by atoms with Crippen LogP contribution in [0.1, 0.15) is 23.5 Å². The number of carbonyl (C=O) groups excluding carboxylic acids is 2. The minimum atomic E-state index is -0.296. The zero-order chi connectivity index (χ0) is 17.6. The maximum Gasteiger partial charge on any atom is 0.259 e. The highest BCUT2D eigenvalue weighted by atomic mass is 79.9. The molecule has 1 aliphatic rings. The molecule has 0 unspecified atom stereocenters. The fraction of sp³-hybridized carbons (Fsp3) is 0.211. The number of benzene rings is 2. The summed E-state index contributed by atoms with van der Waals surface area (Å²) in [4.78, 5) is 25.7. The van der Waals surface area contributed by atoms with Gasteiger partial charge in [-0.1, -0.05) is 58.4 Å². The summed E-state index contributed by atoms with van der Waals surface area (Å²) in [5.41, 5.74) is 4.48. The molecule has 1 heterocycles. The van der Waals surface area contributed by atoms with Gasteiger partial charge in [0.25, 0.3) is 5.91 Å². The van der Waals surface area contributed by atoms with Gasteiger partial charge < -0.3 is 4.90 Å². The fourth-order valence-electron chi connectivity index (χ4n) is 2.81. The predicted octanol–water partition coefficient (Wildman–Crippen LogP) is 2.92. The van der Waals surface area contributed by atoms with Crippen molar-refractivity contribution in [3.05, 3.63) is 70.2 Å². The molecule has 6 heteroatoms. The molecule has 2 aromatic rings. The van der Waals surface area contributed by atoms with Gasteiger partial charge in [-0.2, -0.15) is 5.10 Å². The Hall–Kier alpha value is -2.47. The second-order valence-electron chi connectivity index (χ2n) is 5.93. The lowest BCUT2D eigenvalue weighted by molar-refractivity contribution is -0.133. The van der Waals surface area contributed by atoms with Crippen molar-refractivity contribution in [3.63, 3.8) is 0 Å². The second kappa shape index (κ2) is 8.07. The Morgan fingerprint density at radius 1 is 1.20 bits per heavy atom. The van der Waals surface area contributed by atoms with Crippen LogP contribution in [0.3, 0.4) is 0 Å². The molecule has 0 bridgehead atoms. The van der Waals surface area contributed by atoms with E-state index >= 15 is 0 Å². The van der Waals surface area contributed by atoms with Crippen molar-refractivity contribution in [1.29, 1.82) is 0 Å². The van der Waals surface area contributed by atoms with Crippen molar-refractivity contribution >= 4 is 34.0 Å². The van der Waals surface area contributed by atoms with Crippen LogP contribution < -0.4 is 5.43 Å². The maximum atomic E-state index is 12.1. The van der Waals surface area contributed by atoms with Crippen molar-refractivity contribution in [2.45, 2.75) is 12.3 Å². The van der Waals surface area contributed by atoms with Gasteiger partial charge in [0.1, 0.15) is 6.54 Å². The molecule has 0 radical (unpaired) electrons. The molecule has 1 aliphatic heterocycles. The van der Waals surface area contributed by atoms with Gasteiger partial charge in [-0.25, -0.2) is 5.43 Å². The smallest absolute Gasteiger partial charge is 0.259 e. The zero-order valence-corrected chi connectivity index (χ0v) is 15.1. The summed E-state index contributed by atoms with van der Waals surface area (Å²) < 4.78 is 0.981. The molecule has 2 amide bonds. The molecule has 1 atom stereocenters. The molecule has 0 aliphatic carbocycles. The van der Waals surface area contributed by atoms with E-state index < -0.39 is 0 Å². The van der Waals surface area contributed by atoms with Gasteiger partial charge in [0, 0.05) is 23.4 Å². The number of nitrogens with one attached hydrogen (secondary N) is 1. The Bertz CT molecular complexity index is 775. The summed E-state index contributed by atoms with van der Waals surface area (Å²) in [6, 6.07) is 17.5. The van der Waals surface area contributed by atoms with Crippen LogP contribution >= 0.6 is 15.9 Å². The number of rotatable bonds is 5. The molecule has 25 heavy (non-hydrogen) atoms. The minimum Gasteiger partial charge on any atom is -0.333 e. The third kappa shape index (κ3) is 4.76. The lowest BCUT2D eigenvalue weighted by atomic mass is 9.99. The third-order valence-electron chi connectivity index (χ3n) is 4.09. The van der Waals surface area contributed by atoms with E-state index in [1.165, 1.54) is 0 Å². The molecular weight excluding hydrogens is 382 g/mol. The first-order valence-electron chi connectivity index (χ1n) is 8.02. The quantitative estimate of drug-likeness (QED) is 0.620. The monoisotopic (exact) mass is 399 g/mol. The lowest BCUT2D eigenvalue weighted by Gasteiger charge is -2.15. The van der Waals surface area contributed by atoms with Gasteiger partial charge in [0.05, 0.1) is 6.21 Å². The van der Waals surface area contributed by atoms with Gasteiger partial charge in [0.15, 0.2) is 0 Å². The number of amides is 2. The van der Waals surface area contributed by atoms with Crippen molar-refractivity contribution in [2.24, 2.45) is 5.10 Å². The third-order valence-corrected chi connectivity index (χ3v) is 4.62. The highest BCUT2D eigenvalue weighted by molar-refractivity contribution is 9.10. The molecule has 1 saturated heterocycles. The Kier molecular flexibility index (Phi) is 5.60. The average Bonchev–Trinajstić information content (AvgIpc) is 2.98. The Morgan fingerprint density at radius 2 is 1.92 bits per heavy atom. The van der Waals surface area contributed by atoms with Gasteiger partial charge in [0.2, 0.25) is 5.91 Å². The molecular formula is C19H18BrN3O2. The van der Waals surface area contributed by atoms with E-state index in [0.717, 1.165) is 15.6 Å². The second-order valence-corrected chi connectivity index (χ2v) is 6.85. The van der Waals surface area contributed by atoms with E-state index in [1.807, 2.05) is 54.6 Å². The number of hydrogen-bond donors (Lipinski definition) is 1. The molecule has 5 nitrogen and oxygen atoms in total. The number of hydrogen-bond acceptors (Lipinski definition) is 3. The summed E-state index contributed by atoms with van der Waals surface area (Å²) in [5.74, 6) is -0.149. The van der Waals surface area contributed by atoms with Crippen molar-refractivity contribution in [1.82, 2.24) is 10.3 Å². The SMILES string of the molecule is O=C(CN1C[C@@H](c2ccccc2)CC1=O)N/N=C\c1ccc(Br)cc1. The topological polar surface area (TPSA) is 61.8 Å². The van der Waals surface area contributed by atoms with Gasteiger partial charge in [-0.3, -0.25) is 9.59 Å². The van der Waals surface area contributed by atoms with E-state index in [1.54, 1.807) is 11.1 Å². The van der Waals surface area contributed by atoms with Crippen LogP contribution in [0.2, 0.25) is 0 Å². The summed E-state index contributed by atoms with van der Waals surface area (Å²) in [7, 11) is 0. The summed E-state index contributed by atoms with van der Waals surface area (Å²) in [6.07, 6.45) is 2.02. The summed E-state index contributed by atoms with van der Waals surface area (Å²) in [5, 5.41) is 3.94. The molecule has 3 rings (SSSR count). The van der Waals surface area contributed by atoms with Crippen molar-refractivity contribution in [3.8, 4) is 0 Å². The highest BCUT2D eigenvalue weighted by Gasteiger charge is 2.31. The first kappa shape index (κ1) is 17.4. The molecule has 128 valence electrons. The summed E-state index contributed by atoms with van der Waals surface area (Å²) >= 11 is 3.36. The molecule has 0 spiro atoms. The average molecular weight is 400 g/mol. The van der Waals surface area contributed by atoms with Crippen LogP contribution in [-0.2, 0) is 9.59 Å². The van der Waals surface area contributed by atoms with Gasteiger partial charge in [-0.05, 0) is 23.3 Å². The van der Waals surface area contributed by atoms with E-state index in [4.69, 9.17) is 0 Å². The standard InChI is InChI=1S/C19H18BrN3O2/c20-17-8-6-14(7-9-17)11-21-22-18(24)13-23-12-16(10-19(23)25)15-4-2-1-3-5-15/h1-9,11,16H,10,12-13H2,(H,22,24)/b21-11-/t16-/m0/s1. The lowest BCUT2D eigenvalue weighted by Crippen LogP contribution is -2.36. The maximum absolute atomic E-state index is 12.1. The molecule has 0 saturated carbocycles. The van der Waals surface area contributed by atoms with Gasteiger partial charge in [-0.15, -0.1) is 0 Å². The number of nitrogens with zero attached hydrogens (tertiary/aromatic N) is 2. The summed E-state index contributed by atoms with van der Waals surface area (Å²) in [6.45, 7) is 0.590. The number of likely N-dealkylation sites (tertiary alicyclic amines) is 1. The van der Waals surface area contributed by atoms with Crippen LogP contribution in [0, 0.1) is 0 Å². The zero-order valence-electron chi connectivity index (χ0n) is 13.6. The number of hydrazone groups is 1. The first-order valence-corrected chi connectivity index (χ1v) is 8.81. The van der Waals surface area contributed by atoms with Crippen LogP contribution in [0.4, 0.5) is 0 Å². The van der Waals surface area contributed by atoms with Crippen molar-refractivity contribution in [2.75, 3.05) is 13.1 Å². The fourth-order valence-corrected chi connectivity index (χ4v) is 3.07. The van der Waals surface area contributed by atoms with E-state index in [2.05, 4.69) is 26.5 Å². The van der Waals surface area contributed by atoms with Crippen LogP contribution in [-0.4, -0.2) is 36.0 Å². The minimum absolute atomic E-state index is 0.000826. The molecule has 1 N–H and O–H groups in total. The molecule has 1 fully saturated rings. The Labute approximate surface area is 154 Å². The largest absolute Gasteiger partial charge is 0.333 e. The molecule has 0 aromatic heterocycles. The predicted molar refractivity (Wildman–Crippen MR) is 100 cm³/mol. The van der Waals surface area contributed by atoms with Crippen LogP contribution in [0.25, 0.3) is 0 Å². The van der Waals surface area contributed by atoms with E-state index in [-0.39, 0.29) is 24.3 Å². The van der Waals surface area contributed by atoms with E-state index in [9.17, 15) is 9.59 Å². The van der Waals surface area contributed by atoms with Crippen LogP contribution in [0.5, 0.6) is 0 Å². The van der Waals surface area contributed by atoms with E-state index in [0.29, 0.717) is 13.0 Å². The molecule has 2 aromatic carbocycles. The Morgan fingerprint density at radius 3 is 2.64 bits per heavy atom. The highest BCUT2D eigenvalue weighted by Crippen LogP contribution is 2.27.